The van der Waals surface area contributed by atoms with Gasteiger partial charge in [0.2, 0.25) is 0 Å². The lowest BCUT2D eigenvalue weighted by atomic mass is 10.2. The van der Waals surface area contributed by atoms with Gasteiger partial charge in [-0.1, -0.05) is 13.0 Å². The summed E-state index contributed by atoms with van der Waals surface area (Å²) >= 11 is 0. The predicted molar refractivity (Wildman–Crippen MR) is 62.6 cm³/mol. The molecule has 1 N–H and O–H groups in total. The number of rotatable bonds is 5. The number of methoxy groups -OCH3 is 2. The van der Waals surface area contributed by atoms with Gasteiger partial charge in [0.1, 0.15) is 11.5 Å². The van der Waals surface area contributed by atoms with Crippen molar-refractivity contribution in [2.45, 2.75) is 13.3 Å². The van der Waals surface area contributed by atoms with E-state index >= 15 is 0 Å². The van der Waals surface area contributed by atoms with E-state index in [-0.39, 0.29) is 0 Å². The van der Waals surface area contributed by atoms with E-state index in [1.165, 1.54) is 0 Å². The van der Waals surface area contributed by atoms with Crippen LogP contribution >= 0.6 is 0 Å². The number of benzene rings is 1. The lowest BCUT2D eigenvalue weighted by Crippen LogP contribution is -1.94. The molecule has 0 saturated carbocycles. The first-order chi connectivity index (χ1) is 7.31. The van der Waals surface area contributed by atoms with Crippen LogP contribution in [0.5, 0.6) is 11.5 Å². The SMILES string of the molecule is CC/C=C/Nc1cc(OC)ccc1OC. The minimum Gasteiger partial charge on any atom is -0.497 e. The average Bonchev–Trinajstić information content (AvgIpc) is 2.29. The van der Waals surface area contributed by atoms with E-state index in [0.29, 0.717) is 0 Å². The highest BCUT2D eigenvalue weighted by Crippen LogP contribution is 2.28. The molecule has 15 heavy (non-hydrogen) atoms. The Bertz CT molecular complexity index is 334. The Morgan fingerprint density at radius 3 is 2.67 bits per heavy atom. The molecule has 0 spiro atoms. The number of ether oxygens (including phenoxy) is 2. The summed E-state index contributed by atoms with van der Waals surface area (Å²) in [6.07, 6.45) is 4.94. The Kier molecular flexibility index (Phi) is 4.54. The van der Waals surface area contributed by atoms with Crippen molar-refractivity contribution in [3.05, 3.63) is 30.5 Å². The van der Waals surface area contributed by atoms with E-state index in [0.717, 1.165) is 23.6 Å². The van der Waals surface area contributed by atoms with Crippen LogP contribution in [-0.2, 0) is 0 Å². The zero-order chi connectivity index (χ0) is 11.1. The number of hydrogen-bond donors (Lipinski definition) is 1. The van der Waals surface area contributed by atoms with Gasteiger partial charge in [-0.3, -0.25) is 0 Å². The second-order valence-corrected chi connectivity index (χ2v) is 3.02. The van der Waals surface area contributed by atoms with E-state index in [4.69, 9.17) is 9.47 Å². The van der Waals surface area contributed by atoms with Gasteiger partial charge in [0.05, 0.1) is 19.9 Å². The van der Waals surface area contributed by atoms with Gasteiger partial charge in [-0.05, 0) is 24.8 Å². The highest BCUT2D eigenvalue weighted by atomic mass is 16.5. The second kappa shape index (κ2) is 5.96. The highest BCUT2D eigenvalue weighted by molar-refractivity contribution is 5.61. The molecule has 1 aromatic rings. The molecule has 1 aromatic carbocycles. The monoisotopic (exact) mass is 207 g/mol. The summed E-state index contributed by atoms with van der Waals surface area (Å²) in [5, 5.41) is 3.15. The van der Waals surface area contributed by atoms with Crippen molar-refractivity contribution in [1.29, 1.82) is 0 Å². The van der Waals surface area contributed by atoms with Gasteiger partial charge in [-0.2, -0.15) is 0 Å². The van der Waals surface area contributed by atoms with Crippen molar-refractivity contribution in [1.82, 2.24) is 0 Å². The zero-order valence-corrected chi connectivity index (χ0v) is 9.41. The smallest absolute Gasteiger partial charge is 0.142 e. The van der Waals surface area contributed by atoms with Crippen LogP contribution in [0.15, 0.2) is 30.5 Å². The molecule has 3 nitrogen and oxygen atoms in total. The molecule has 0 fully saturated rings. The van der Waals surface area contributed by atoms with Crippen LogP contribution < -0.4 is 14.8 Å². The van der Waals surface area contributed by atoms with Crippen molar-refractivity contribution < 1.29 is 9.47 Å². The number of anilines is 1. The lowest BCUT2D eigenvalue weighted by Gasteiger charge is -2.09. The molecule has 1 rings (SSSR count). The summed E-state index contributed by atoms with van der Waals surface area (Å²) in [4.78, 5) is 0. The molecule has 0 bridgehead atoms. The third-order valence-electron chi connectivity index (χ3n) is 2.00. The minimum absolute atomic E-state index is 0.802. The molecule has 0 atom stereocenters. The topological polar surface area (TPSA) is 30.5 Å². The number of hydrogen-bond acceptors (Lipinski definition) is 3. The van der Waals surface area contributed by atoms with Crippen LogP contribution in [0.4, 0.5) is 5.69 Å². The van der Waals surface area contributed by atoms with Crippen molar-refractivity contribution >= 4 is 5.69 Å². The quantitative estimate of drug-likeness (QED) is 0.805. The summed E-state index contributed by atoms with van der Waals surface area (Å²) in [5.74, 6) is 1.61. The van der Waals surface area contributed by atoms with Crippen molar-refractivity contribution in [3.8, 4) is 11.5 Å². The maximum Gasteiger partial charge on any atom is 0.142 e. The molecule has 0 aliphatic rings. The predicted octanol–water partition coefficient (Wildman–Crippen LogP) is 3.04. The molecule has 0 saturated heterocycles. The van der Waals surface area contributed by atoms with Gasteiger partial charge < -0.3 is 14.8 Å². The first kappa shape index (κ1) is 11.4. The number of allylic oxidation sites excluding steroid dienone is 1. The zero-order valence-electron chi connectivity index (χ0n) is 9.41. The van der Waals surface area contributed by atoms with Crippen molar-refractivity contribution in [2.75, 3.05) is 19.5 Å². The number of nitrogens with one attached hydrogen (secondary N) is 1. The van der Waals surface area contributed by atoms with Crippen LogP contribution in [0, 0.1) is 0 Å². The Morgan fingerprint density at radius 1 is 1.27 bits per heavy atom. The molecule has 0 aliphatic heterocycles. The maximum absolute atomic E-state index is 5.22. The first-order valence-corrected chi connectivity index (χ1v) is 4.95. The molecule has 0 radical (unpaired) electrons. The average molecular weight is 207 g/mol. The molecule has 82 valence electrons. The summed E-state index contributed by atoms with van der Waals surface area (Å²) in [7, 11) is 3.30. The third-order valence-corrected chi connectivity index (χ3v) is 2.00. The van der Waals surface area contributed by atoms with Crippen LogP contribution in [0.25, 0.3) is 0 Å². The lowest BCUT2D eigenvalue weighted by molar-refractivity contribution is 0.405. The molecule has 0 aromatic heterocycles. The van der Waals surface area contributed by atoms with E-state index in [9.17, 15) is 0 Å². The fraction of sp³-hybridized carbons (Fsp3) is 0.333. The maximum atomic E-state index is 5.22. The van der Waals surface area contributed by atoms with Crippen LogP contribution in [0.2, 0.25) is 0 Å². The Hall–Kier alpha value is -1.64. The molecule has 0 heterocycles. The normalized spacial score (nSPS) is 10.3. The van der Waals surface area contributed by atoms with Crippen molar-refractivity contribution in [3.63, 3.8) is 0 Å². The molecule has 0 aliphatic carbocycles. The molecular weight excluding hydrogens is 190 g/mol. The van der Waals surface area contributed by atoms with Gasteiger partial charge in [0.25, 0.3) is 0 Å². The van der Waals surface area contributed by atoms with Gasteiger partial charge in [-0.25, -0.2) is 0 Å². The van der Waals surface area contributed by atoms with Gasteiger partial charge in [0.15, 0.2) is 0 Å². The van der Waals surface area contributed by atoms with Gasteiger partial charge >= 0.3 is 0 Å². The van der Waals surface area contributed by atoms with E-state index in [2.05, 4.69) is 12.2 Å². The fourth-order valence-corrected chi connectivity index (χ4v) is 1.19. The van der Waals surface area contributed by atoms with Gasteiger partial charge in [0, 0.05) is 6.07 Å². The fourth-order valence-electron chi connectivity index (χ4n) is 1.19. The summed E-state index contributed by atoms with van der Waals surface area (Å²) < 4.78 is 10.4. The molecule has 0 amide bonds. The minimum atomic E-state index is 0.802. The van der Waals surface area contributed by atoms with Crippen LogP contribution in [-0.4, -0.2) is 14.2 Å². The van der Waals surface area contributed by atoms with E-state index < -0.39 is 0 Å². The largest absolute Gasteiger partial charge is 0.497 e. The Labute approximate surface area is 90.7 Å². The highest BCUT2D eigenvalue weighted by Gasteiger charge is 2.02. The standard InChI is InChI=1S/C12H17NO2/c1-4-5-8-13-11-9-10(14-2)6-7-12(11)15-3/h5-9,13H,4H2,1-3H3/b8-5+. The first-order valence-electron chi connectivity index (χ1n) is 4.95. The van der Waals surface area contributed by atoms with Gasteiger partial charge in [-0.15, -0.1) is 0 Å². The Morgan fingerprint density at radius 2 is 2.07 bits per heavy atom. The van der Waals surface area contributed by atoms with E-state index in [1.807, 2.05) is 30.5 Å². The van der Waals surface area contributed by atoms with Crippen LogP contribution in [0.1, 0.15) is 13.3 Å². The Balaban J connectivity index is 2.85. The summed E-state index contributed by atoms with van der Waals surface area (Å²) in [6.45, 7) is 2.08. The summed E-state index contributed by atoms with van der Waals surface area (Å²) in [6, 6.07) is 5.65. The third kappa shape index (κ3) is 3.20. The van der Waals surface area contributed by atoms with Crippen LogP contribution in [0.3, 0.4) is 0 Å². The van der Waals surface area contributed by atoms with E-state index in [1.54, 1.807) is 14.2 Å². The summed E-state index contributed by atoms with van der Waals surface area (Å²) in [5.41, 5.74) is 0.904. The second-order valence-electron chi connectivity index (χ2n) is 3.02. The molecule has 0 unspecified atom stereocenters. The van der Waals surface area contributed by atoms with Crippen molar-refractivity contribution in [2.24, 2.45) is 0 Å². The molecular formula is C12H17NO2. The molecule has 3 heteroatoms.